The van der Waals surface area contributed by atoms with E-state index in [1.165, 1.54) is 0 Å². The van der Waals surface area contributed by atoms with E-state index in [2.05, 4.69) is 0 Å². The average molecular weight is 434 g/mol. The Morgan fingerprint density at radius 3 is 2.34 bits per heavy atom. The van der Waals surface area contributed by atoms with Gasteiger partial charge in [0.15, 0.2) is 0 Å². The van der Waals surface area contributed by atoms with E-state index in [1.54, 1.807) is 16.7 Å². The van der Waals surface area contributed by atoms with Crippen LogP contribution in [0.4, 0.5) is 0 Å². The number of ether oxygens (including phenoxy) is 2. The summed E-state index contributed by atoms with van der Waals surface area (Å²) in [5.74, 6) is 0.351. The molecule has 0 bridgehead atoms. The fraction of sp³-hybridized carbons (Fsp3) is 0.320. The molecule has 1 amide bonds. The molecule has 2 aromatic carbocycles. The average Bonchev–Trinajstić information content (AvgIpc) is 3.30. The van der Waals surface area contributed by atoms with Crippen LogP contribution in [0.1, 0.15) is 30.3 Å². The summed E-state index contributed by atoms with van der Waals surface area (Å²) in [5, 5.41) is 4.74. The first-order chi connectivity index (χ1) is 15.6. The van der Waals surface area contributed by atoms with Gasteiger partial charge in [0.25, 0.3) is 5.91 Å². The Morgan fingerprint density at radius 2 is 1.72 bits per heavy atom. The molecule has 0 radical (unpaired) electrons. The minimum absolute atomic E-state index is 0.0941. The number of rotatable bonds is 6. The van der Waals surface area contributed by atoms with E-state index in [-0.39, 0.29) is 17.8 Å². The van der Waals surface area contributed by atoms with Crippen LogP contribution in [0, 0.1) is 5.92 Å². The molecule has 1 saturated heterocycles. The van der Waals surface area contributed by atoms with Gasteiger partial charge in [0.05, 0.1) is 31.0 Å². The Balaban J connectivity index is 1.61. The van der Waals surface area contributed by atoms with Gasteiger partial charge in [-0.05, 0) is 62.2 Å². The number of carbonyl (C=O) groups is 2. The molecule has 32 heavy (non-hydrogen) atoms. The number of hydrogen-bond acceptors (Lipinski definition) is 5. The zero-order valence-electron chi connectivity index (χ0n) is 18.4. The number of likely N-dealkylation sites (tertiary alicyclic amines) is 1. The van der Waals surface area contributed by atoms with Crippen LogP contribution in [-0.2, 0) is 9.53 Å². The zero-order chi connectivity index (χ0) is 22.5. The highest BCUT2D eigenvalue weighted by molar-refractivity contribution is 5.94. The molecular weight excluding hydrogens is 406 g/mol. The highest BCUT2D eigenvalue weighted by Crippen LogP contribution is 2.26. The van der Waals surface area contributed by atoms with E-state index in [1.807, 2.05) is 67.6 Å². The molecule has 0 atom stereocenters. The van der Waals surface area contributed by atoms with Gasteiger partial charge in [-0.1, -0.05) is 18.2 Å². The third-order valence-electron chi connectivity index (χ3n) is 5.72. The van der Waals surface area contributed by atoms with Crippen LogP contribution >= 0.6 is 0 Å². The zero-order valence-corrected chi connectivity index (χ0v) is 18.4. The Kier molecular flexibility index (Phi) is 6.54. The fourth-order valence-electron chi connectivity index (χ4n) is 3.94. The van der Waals surface area contributed by atoms with Crippen molar-refractivity contribution in [2.45, 2.75) is 19.8 Å². The van der Waals surface area contributed by atoms with E-state index >= 15 is 0 Å². The quantitative estimate of drug-likeness (QED) is 0.550. The van der Waals surface area contributed by atoms with E-state index in [9.17, 15) is 9.59 Å². The highest BCUT2D eigenvalue weighted by Gasteiger charge is 2.30. The Bertz CT molecular complexity index is 1070. The largest absolute Gasteiger partial charge is 0.497 e. The van der Waals surface area contributed by atoms with E-state index in [0.717, 1.165) is 17.0 Å². The molecule has 1 aliphatic heterocycles. The van der Waals surface area contributed by atoms with E-state index in [4.69, 9.17) is 14.6 Å². The lowest BCUT2D eigenvalue weighted by Gasteiger charge is -2.30. The number of benzene rings is 2. The van der Waals surface area contributed by atoms with Crippen molar-refractivity contribution in [3.05, 3.63) is 66.4 Å². The van der Waals surface area contributed by atoms with Gasteiger partial charge in [-0.15, -0.1) is 0 Å². The molecule has 0 aliphatic carbocycles. The van der Waals surface area contributed by atoms with Gasteiger partial charge in [-0.3, -0.25) is 9.59 Å². The number of methoxy groups -OCH3 is 1. The molecule has 1 fully saturated rings. The van der Waals surface area contributed by atoms with Gasteiger partial charge in [0.1, 0.15) is 11.4 Å². The predicted octanol–water partition coefficient (Wildman–Crippen LogP) is 3.96. The van der Waals surface area contributed by atoms with Crippen LogP contribution in [0.5, 0.6) is 5.75 Å². The Morgan fingerprint density at radius 1 is 1.03 bits per heavy atom. The van der Waals surface area contributed by atoms with Crippen LogP contribution in [0.2, 0.25) is 0 Å². The second kappa shape index (κ2) is 9.68. The van der Waals surface area contributed by atoms with Crippen molar-refractivity contribution in [3.8, 4) is 22.7 Å². The third-order valence-corrected chi connectivity index (χ3v) is 5.72. The lowest BCUT2D eigenvalue weighted by molar-refractivity contribution is -0.149. The molecule has 4 rings (SSSR count). The molecule has 1 aliphatic rings. The number of carbonyl (C=O) groups excluding carboxylic acids is 2. The number of esters is 1. The smallest absolute Gasteiger partial charge is 0.309 e. The van der Waals surface area contributed by atoms with Gasteiger partial charge >= 0.3 is 5.97 Å². The minimum Gasteiger partial charge on any atom is -0.497 e. The number of hydrogen-bond donors (Lipinski definition) is 0. The van der Waals surface area contributed by atoms with Crippen LogP contribution in [0.15, 0.2) is 60.7 Å². The molecule has 7 nitrogen and oxygen atoms in total. The first kappa shape index (κ1) is 21.6. The lowest BCUT2D eigenvalue weighted by Crippen LogP contribution is -2.41. The van der Waals surface area contributed by atoms with Crippen molar-refractivity contribution in [2.24, 2.45) is 5.92 Å². The highest BCUT2D eigenvalue weighted by atomic mass is 16.5. The number of piperidine rings is 1. The molecule has 3 aromatic rings. The summed E-state index contributed by atoms with van der Waals surface area (Å²) >= 11 is 0. The molecule has 0 spiro atoms. The monoisotopic (exact) mass is 433 g/mol. The second-order valence-electron chi connectivity index (χ2n) is 7.71. The summed E-state index contributed by atoms with van der Waals surface area (Å²) in [6.07, 6.45) is 1.21. The maximum absolute atomic E-state index is 13.5. The second-order valence-corrected chi connectivity index (χ2v) is 7.71. The van der Waals surface area contributed by atoms with Crippen LogP contribution in [-0.4, -0.2) is 53.4 Å². The van der Waals surface area contributed by atoms with Crippen molar-refractivity contribution >= 4 is 11.9 Å². The summed E-state index contributed by atoms with van der Waals surface area (Å²) in [4.78, 5) is 27.3. The standard InChI is InChI=1S/C25H27N3O4/c1-3-32-25(30)19-13-15-27(16-14-19)24(29)23-17-22(18-9-11-21(31-2)12-10-18)26-28(23)20-7-5-4-6-8-20/h4-12,17,19H,3,13-16H2,1-2H3. The van der Waals surface area contributed by atoms with Crippen LogP contribution < -0.4 is 4.74 Å². The van der Waals surface area contributed by atoms with Crippen LogP contribution in [0.3, 0.4) is 0 Å². The topological polar surface area (TPSA) is 73.7 Å². The molecule has 0 unspecified atom stereocenters. The van der Waals surface area contributed by atoms with Crippen molar-refractivity contribution in [2.75, 3.05) is 26.8 Å². The van der Waals surface area contributed by atoms with Gasteiger partial charge in [-0.25, -0.2) is 4.68 Å². The lowest BCUT2D eigenvalue weighted by atomic mass is 9.97. The summed E-state index contributed by atoms with van der Waals surface area (Å²) in [6, 6.07) is 19.0. The van der Waals surface area contributed by atoms with Crippen molar-refractivity contribution in [1.82, 2.24) is 14.7 Å². The van der Waals surface area contributed by atoms with Crippen molar-refractivity contribution in [1.29, 1.82) is 0 Å². The van der Waals surface area contributed by atoms with E-state index in [0.29, 0.717) is 43.9 Å². The fourth-order valence-corrected chi connectivity index (χ4v) is 3.94. The summed E-state index contributed by atoms with van der Waals surface area (Å²) in [5.41, 5.74) is 2.92. The number of amides is 1. The molecular formula is C25H27N3O4. The Hall–Kier alpha value is -3.61. The summed E-state index contributed by atoms with van der Waals surface area (Å²) < 4.78 is 12.1. The first-order valence-corrected chi connectivity index (χ1v) is 10.9. The molecule has 0 saturated carbocycles. The number of nitrogens with zero attached hydrogens (tertiary/aromatic N) is 3. The molecule has 166 valence electrons. The van der Waals surface area contributed by atoms with Gasteiger partial charge in [0, 0.05) is 18.7 Å². The first-order valence-electron chi connectivity index (χ1n) is 10.9. The maximum atomic E-state index is 13.5. The predicted molar refractivity (Wildman–Crippen MR) is 121 cm³/mol. The normalized spacial score (nSPS) is 14.2. The maximum Gasteiger partial charge on any atom is 0.309 e. The molecule has 7 heteroatoms. The van der Waals surface area contributed by atoms with Crippen molar-refractivity contribution < 1.29 is 19.1 Å². The summed E-state index contributed by atoms with van der Waals surface area (Å²) in [6.45, 7) is 3.21. The van der Waals surface area contributed by atoms with Crippen molar-refractivity contribution in [3.63, 3.8) is 0 Å². The Labute approximate surface area is 187 Å². The summed E-state index contributed by atoms with van der Waals surface area (Å²) in [7, 11) is 1.63. The van der Waals surface area contributed by atoms with E-state index < -0.39 is 0 Å². The van der Waals surface area contributed by atoms with Gasteiger partial charge in [-0.2, -0.15) is 5.10 Å². The molecule has 1 aromatic heterocycles. The molecule has 0 N–H and O–H groups in total. The van der Waals surface area contributed by atoms with Crippen LogP contribution in [0.25, 0.3) is 16.9 Å². The van der Waals surface area contributed by atoms with Gasteiger partial charge < -0.3 is 14.4 Å². The van der Waals surface area contributed by atoms with Gasteiger partial charge in [0.2, 0.25) is 0 Å². The SMILES string of the molecule is CCOC(=O)C1CCN(C(=O)c2cc(-c3ccc(OC)cc3)nn2-c2ccccc2)CC1. The molecule has 2 heterocycles. The third kappa shape index (κ3) is 4.51. The minimum atomic E-state index is -0.171. The number of para-hydroxylation sites is 1. The number of aromatic nitrogens is 2.